The number of fused-ring (bicyclic) bond motifs is 3. The van der Waals surface area contributed by atoms with Gasteiger partial charge in [-0.2, -0.15) is 0 Å². The number of nitrogens with zero attached hydrogens (tertiary/aromatic N) is 2. The van der Waals surface area contributed by atoms with Crippen LogP contribution in [0.3, 0.4) is 0 Å². The monoisotopic (exact) mass is 836 g/mol. The summed E-state index contributed by atoms with van der Waals surface area (Å²) in [5.41, 5.74) is 15.7. The van der Waals surface area contributed by atoms with E-state index in [-0.39, 0.29) is 12.8 Å². The highest BCUT2D eigenvalue weighted by Crippen LogP contribution is 2.71. The Kier molecular flexibility index (Phi) is 8.66. The van der Waals surface area contributed by atoms with Crippen LogP contribution in [0.5, 0.6) is 0 Å². The first-order valence-electron chi connectivity index (χ1n) is 23.5. The van der Waals surface area contributed by atoms with Gasteiger partial charge in [0.2, 0.25) is 0 Å². The Morgan fingerprint density at radius 3 is 1.49 bits per heavy atom. The lowest BCUT2D eigenvalue weighted by Gasteiger charge is -2.61. The molecule has 65 heavy (non-hydrogen) atoms. The van der Waals surface area contributed by atoms with Crippen LogP contribution in [-0.2, 0) is 5.41 Å². The molecular formula is C63H52N2. The molecule has 0 unspecified atom stereocenters. The highest BCUT2D eigenvalue weighted by molar-refractivity contribution is 6.28. The molecule has 4 saturated carbocycles. The number of benzene rings is 10. The fraction of sp³-hybridized carbons (Fsp3) is 0.175. The Balaban J connectivity index is 0.00000423. The highest BCUT2D eigenvalue weighted by atomic mass is 15.2. The Morgan fingerprint density at radius 2 is 0.862 bits per heavy atom. The third-order valence-corrected chi connectivity index (χ3v) is 16.1. The van der Waals surface area contributed by atoms with Gasteiger partial charge >= 0.3 is 0 Å². The van der Waals surface area contributed by atoms with Crippen molar-refractivity contribution in [1.29, 1.82) is 0 Å². The minimum atomic E-state index is 0. The second kappa shape index (κ2) is 14.7. The molecule has 15 rings (SSSR count). The normalized spacial score (nSPS) is 21.2. The van der Waals surface area contributed by atoms with Crippen molar-refractivity contribution in [3.63, 3.8) is 0 Å². The van der Waals surface area contributed by atoms with Gasteiger partial charge in [-0.15, -0.1) is 0 Å². The van der Waals surface area contributed by atoms with Crippen molar-refractivity contribution in [1.82, 2.24) is 0 Å². The Bertz CT molecular complexity index is 3340. The maximum atomic E-state index is 2.68. The molecule has 5 aliphatic carbocycles. The molecule has 0 saturated heterocycles. The average molecular weight is 837 g/mol. The number of anilines is 6. The molecule has 0 heterocycles. The summed E-state index contributed by atoms with van der Waals surface area (Å²) in [6.07, 6.45) is 6.84. The lowest BCUT2D eigenvalue weighted by Crippen LogP contribution is -2.55. The lowest BCUT2D eigenvalue weighted by atomic mass is 9.43. The van der Waals surface area contributed by atoms with E-state index in [0.717, 1.165) is 23.2 Å². The van der Waals surface area contributed by atoms with Gasteiger partial charge < -0.3 is 9.80 Å². The molecule has 5 aliphatic rings. The van der Waals surface area contributed by atoms with Crippen LogP contribution >= 0.6 is 0 Å². The van der Waals surface area contributed by atoms with E-state index in [4.69, 9.17) is 0 Å². The van der Waals surface area contributed by atoms with Crippen LogP contribution in [0.1, 0.15) is 50.7 Å². The molecule has 10 aromatic carbocycles. The van der Waals surface area contributed by atoms with Crippen molar-refractivity contribution in [2.75, 3.05) is 9.80 Å². The van der Waals surface area contributed by atoms with E-state index in [2.05, 4.69) is 216 Å². The lowest BCUT2D eigenvalue weighted by molar-refractivity contribution is -0.0397. The summed E-state index contributed by atoms with van der Waals surface area (Å²) in [5, 5.41) is 7.68. The van der Waals surface area contributed by atoms with Crippen LogP contribution in [-0.4, -0.2) is 0 Å². The third kappa shape index (κ3) is 5.53. The van der Waals surface area contributed by atoms with Crippen molar-refractivity contribution < 1.29 is 0 Å². The van der Waals surface area contributed by atoms with Gasteiger partial charge in [0.1, 0.15) is 0 Å². The van der Waals surface area contributed by atoms with Crippen LogP contribution in [0.2, 0.25) is 0 Å². The molecule has 4 fully saturated rings. The van der Waals surface area contributed by atoms with Crippen molar-refractivity contribution >= 4 is 66.4 Å². The molecule has 1 spiro atoms. The van der Waals surface area contributed by atoms with E-state index in [1.165, 1.54) is 109 Å². The summed E-state index contributed by atoms with van der Waals surface area (Å²) in [4.78, 5) is 5.10. The number of hydrogen-bond donors (Lipinski definition) is 0. The van der Waals surface area contributed by atoms with E-state index in [1.54, 1.807) is 11.1 Å². The quantitative estimate of drug-likeness (QED) is 0.148. The molecule has 4 bridgehead atoms. The topological polar surface area (TPSA) is 6.48 Å². The van der Waals surface area contributed by atoms with Crippen molar-refractivity contribution in [3.8, 4) is 22.3 Å². The SMILES string of the molecule is C.c1ccc(-c2cccc(N(c3cccc4c3C3(c5ccccc5-4)C4CC5CC(C4)CC3C5)c3ccc4ccc5c(N(c6ccccc6)c6ccccc6)ccc6ccc3c4c65)c2)cc1. The smallest absolute Gasteiger partial charge is 0.0540 e. The molecule has 0 aliphatic heterocycles. The zero-order valence-electron chi connectivity index (χ0n) is 35.9. The molecule has 10 aromatic rings. The first-order valence-corrected chi connectivity index (χ1v) is 23.5. The molecule has 0 atom stereocenters. The second-order valence-corrected chi connectivity index (χ2v) is 19.3. The van der Waals surface area contributed by atoms with Crippen LogP contribution in [0.25, 0.3) is 54.6 Å². The standard InChI is InChI=1S/C62H48N2.CH4/c1-4-14-42(15-5-1)45-16-12-21-50(39-45)64(58-25-13-23-52-51-22-10-11-24-55(51)62(61(52)58)46-35-40-34-41(37-46)38-47(62)36-40)57-33-29-44-26-30-53-56(32-28-43-27-31-54(57)60(44)59(43)53)63(48-17-6-2-7-18-48)49-19-8-3-9-20-49;/h1-33,39-41,46-47H,34-38H2;1H4. The summed E-state index contributed by atoms with van der Waals surface area (Å²) >= 11 is 0. The van der Waals surface area contributed by atoms with Crippen molar-refractivity contribution in [2.45, 2.75) is 44.9 Å². The predicted octanol–water partition coefficient (Wildman–Crippen LogP) is 17.5. The molecule has 0 N–H and O–H groups in total. The van der Waals surface area contributed by atoms with E-state index >= 15 is 0 Å². The number of hydrogen-bond acceptors (Lipinski definition) is 2. The summed E-state index contributed by atoms with van der Waals surface area (Å²) in [7, 11) is 0. The Labute approximate surface area is 382 Å². The molecule has 2 nitrogen and oxygen atoms in total. The van der Waals surface area contributed by atoms with Gasteiger partial charge in [-0.05, 0) is 165 Å². The van der Waals surface area contributed by atoms with Crippen LogP contribution in [0.15, 0.2) is 206 Å². The fourth-order valence-corrected chi connectivity index (χ4v) is 14.0. The van der Waals surface area contributed by atoms with Gasteiger partial charge in [0, 0.05) is 33.2 Å². The van der Waals surface area contributed by atoms with Gasteiger partial charge in [0.25, 0.3) is 0 Å². The molecule has 0 aromatic heterocycles. The van der Waals surface area contributed by atoms with E-state index in [9.17, 15) is 0 Å². The zero-order valence-corrected chi connectivity index (χ0v) is 35.9. The van der Waals surface area contributed by atoms with Crippen molar-refractivity contribution in [3.05, 3.63) is 217 Å². The Hall–Kier alpha value is -7.16. The maximum absolute atomic E-state index is 2.68. The van der Waals surface area contributed by atoms with Gasteiger partial charge in [0.15, 0.2) is 0 Å². The van der Waals surface area contributed by atoms with Crippen LogP contribution < -0.4 is 9.80 Å². The summed E-state index contributed by atoms with van der Waals surface area (Å²) in [5.74, 6) is 3.05. The Morgan fingerprint density at radius 1 is 0.369 bits per heavy atom. The number of para-hydroxylation sites is 2. The van der Waals surface area contributed by atoms with Crippen molar-refractivity contribution in [2.24, 2.45) is 23.7 Å². The molecule has 2 heteroatoms. The third-order valence-electron chi connectivity index (χ3n) is 16.1. The molecule has 0 amide bonds. The van der Waals surface area contributed by atoms with Gasteiger partial charge in [-0.3, -0.25) is 0 Å². The molecule has 0 radical (unpaired) electrons. The first kappa shape index (κ1) is 38.3. The summed E-state index contributed by atoms with van der Waals surface area (Å²) in [6.45, 7) is 0. The first-order chi connectivity index (χ1) is 31.7. The summed E-state index contributed by atoms with van der Waals surface area (Å²) in [6, 6.07) is 77.7. The minimum Gasteiger partial charge on any atom is -0.310 e. The minimum absolute atomic E-state index is 0. The average Bonchev–Trinajstić information content (AvgIpc) is 3.65. The van der Waals surface area contributed by atoms with Gasteiger partial charge in [0.05, 0.1) is 17.1 Å². The molecule has 314 valence electrons. The van der Waals surface area contributed by atoms with E-state index < -0.39 is 0 Å². The fourth-order valence-electron chi connectivity index (χ4n) is 14.0. The number of rotatable bonds is 7. The van der Waals surface area contributed by atoms with Gasteiger partial charge in [-0.25, -0.2) is 0 Å². The predicted molar refractivity (Wildman–Crippen MR) is 275 cm³/mol. The molecular weight excluding hydrogens is 785 g/mol. The zero-order chi connectivity index (χ0) is 41.9. The summed E-state index contributed by atoms with van der Waals surface area (Å²) < 4.78 is 0. The highest BCUT2D eigenvalue weighted by Gasteiger charge is 2.62. The largest absolute Gasteiger partial charge is 0.310 e. The van der Waals surface area contributed by atoms with Crippen LogP contribution in [0, 0.1) is 23.7 Å². The van der Waals surface area contributed by atoms with Gasteiger partial charge in [-0.1, -0.05) is 159 Å². The van der Waals surface area contributed by atoms with E-state index in [1.807, 2.05) is 0 Å². The maximum Gasteiger partial charge on any atom is 0.0540 e. The second-order valence-electron chi connectivity index (χ2n) is 19.3. The van der Waals surface area contributed by atoms with E-state index in [0.29, 0.717) is 11.8 Å². The van der Waals surface area contributed by atoms with Crippen LogP contribution in [0.4, 0.5) is 34.1 Å².